The zero-order valence-electron chi connectivity index (χ0n) is 19.1. The Labute approximate surface area is 195 Å². The number of benzene rings is 1. The third kappa shape index (κ3) is 4.07. The lowest BCUT2D eigenvalue weighted by Gasteiger charge is -2.44. The number of halogens is 1. The lowest BCUT2D eigenvalue weighted by atomic mass is 9.84. The third-order valence-corrected chi connectivity index (χ3v) is 7.83. The number of likely N-dealkylation sites (tertiary alicyclic amines) is 2. The molecule has 8 heteroatoms. The lowest BCUT2D eigenvalue weighted by Crippen LogP contribution is -2.58. The van der Waals surface area contributed by atoms with Gasteiger partial charge in [0.15, 0.2) is 0 Å². The van der Waals surface area contributed by atoms with Crippen LogP contribution in [0.4, 0.5) is 5.69 Å². The first-order chi connectivity index (χ1) is 15.3. The minimum absolute atomic E-state index is 0.00222. The number of para-hydroxylation sites is 1. The summed E-state index contributed by atoms with van der Waals surface area (Å²) in [5.41, 5.74) is -0.383. The molecule has 1 spiro atoms. The van der Waals surface area contributed by atoms with Gasteiger partial charge < -0.3 is 19.6 Å². The van der Waals surface area contributed by atoms with Gasteiger partial charge in [-0.1, -0.05) is 18.2 Å². The number of alkyl halides is 1. The molecule has 0 saturated carbocycles. The summed E-state index contributed by atoms with van der Waals surface area (Å²) in [6, 6.07) is 9.91. The first-order valence-corrected chi connectivity index (χ1v) is 12.1. The Bertz CT molecular complexity index is 861. The molecule has 7 nitrogen and oxygen atoms in total. The van der Waals surface area contributed by atoms with Gasteiger partial charge in [0.25, 0.3) is 5.91 Å². The van der Waals surface area contributed by atoms with Crippen molar-refractivity contribution in [1.29, 1.82) is 0 Å². The Hall–Kier alpha value is -2.28. The number of piperidine rings is 1. The molecule has 3 aliphatic heterocycles. The van der Waals surface area contributed by atoms with Crippen molar-refractivity contribution < 1.29 is 14.4 Å². The highest BCUT2D eigenvalue weighted by molar-refractivity contribution is 6.19. The minimum Gasteiger partial charge on any atom is -0.342 e. The molecule has 174 valence electrons. The summed E-state index contributed by atoms with van der Waals surface area (Å²) in [6.45, 7) is 6.79. The Morgan fingerprint density at radius 2 is 1.62 bits per heavy atom. The SMILES string of the molecule is CC(C)(CCl)C(=O)N1CCC2(CC1)C(=O)N(CC(=O)N1CCCC1)CN2c1ccccc1. The van der Waals surface area contributed by atoms with E-state index in [1.54, 1.807) is 4.90 Å². The molecule has 0 aromatic heterocycles. The fourth-order valence-corrected chi connectivity index (χ4v) is 5.23. The number of amides is 3. The summed E-state index contributed by atoms with van der Waals surface area (Å²) in [4.78, 5) is 47.0. The zero-order chi connectivity index (χ0) is 22.9. The highest BCUT2D eigenvalue weighted by atomic mass is 35.5. The number of rotatable bonds is 5. The van der Waals surface area contributed by atoms with Crippen LogP contribution >= 0.6 is 11.6 Å². The summed E-state index contributed by atoms with van der Waals surface area (Å²) in [5, 5.41) is 0. The van der Waals surface area contributed by atoms with E-state index in [0.717, 1.165) is 31.6 Å². The van der Waals surface area contributed by atoms with Crippen molar-refractivity contribution >= 4 is 35.0 Å². The fourth-order valence-electron chi connectivity index (χ4n) is 5.12. The van der Waals surface area contributed by atoms with E-state index >= 15 is 0 Å². The smallest absolute Gasteiger partial charge is 0.250 e. The van der Waals surface area contributed by atoms with Crippen LogP contribution in [0.5, 0.6) is 0 Å². The van der Waals surface area contributed by atoms with Crippen LogP contribution < -0.4 is 4.90 Å². The lowest BCUT2D eigenvalue weighted by molar-refractivity contribution is -0.144. The van der Waals surface area contributed by atoms with E-state index < -0.39 is 11.0 Å². The number of nitrogens with zero attached hydrogens (tertiary/aromatic N) is 4. The standard InChI is InChI=1S/C24H33ClN4O3/c1-23(2,17-25)21(31)27-14-10-24(11-15-27)22(32)28(16-20(30)26-12-6-7-13-26)18-29(24)19-8-4-3-5-9-19/h3-5,8-9H,6-7,10-18H2,1-2H3. The Kier molecular flexibility index (Phi) is 6.39. The normalized spacial score (nSPS) is 21.0. The number of carbonyl (C=O) groups is 3. The van der Waals surface area contributed by atoms with Crippen molar-refractivity contribution in [2.45, 2.75) is 45.1 Å². The second kappa shape index (κ2) is 8.93. The van der Waals surface area contributed by atoms with Crippen LogP contribution in [0.2, 0.25) is 0 Å². The highest BCUT2D eigenvalue weighted by Crippen LogP contribution is 2.40. The van der Waals surface area contributed by atoms with Gasteiger partial charge in [0.05, 0.1) is 12.1 Å². The summed E-state index contributed by atoms with van der Waals surface area (Å²) < 4.78 is 0. The van der Waals surface area contributed by atoms with Crippen molar-refractivity contribution in [1.82, 2.24) is 14.7 Å². The van der Waals surface area contributed by atoms with Gasteiger partial charge in [-0.3, -0.25) is 14.4 Å². The molecule has 3 saturated heterocycles. The zero-order valence-corrected chi connectivity index (χ0v) is 19.8. The molecule has 3 aliphatic rings. The molecule has 0 N–H and O–H groups in total. The maximum atomic E-state index is 13.7. The largest absolute Gasteiger partial charge is 0.342 e. The van der Waals surface area contributed by atoms with Gasteiger partial charge in [0.2, 0.25) is 11.8 Å². The number of hydrogen-bond donors (Lipinski definition) is 0. The predicted molar refractivity (Wildman–Crippen MR) is 124 cm³/mol. The van der Waals surface area contributed by atoms with Crippen LogP contribution in [0.15, 0.2) is 30.3 Å². The van der Waals surface area contributed by atoms with Gasteiger partial charge in [-0.15, -0.1) is 11.6 Å². The average molecular weight is 461 g/mol. The molecular weight excluding hydrogens is 428 g/mol. The second-order valence-corrected chi connectivity index (χ2v) is 10.1. The van der Waals surface area contributed by atoms with Gasteiger partial charge in [-0.2, -0.15) is 0 Å². The molecule has 4 rings (SSSR count). The van der Waals surface area contributed by atoms with E-state index in [1.807, 2.05) is 54.0 Å². The summed E-state index contributed by atoms with van der Waals surface area (Å²) in [6.07, 6.45) is 3.14. The van der Waals surface area contributed by atoms with Crippen molar-refractivity contribution in [3.63, 3.8) is 0 Å². The molecule has 0 atom stereocenters. The summed E-state index contributed by atoms with van der Waals surface area (Å²) in [5.74, 6) is 0.310. The van der Waals surface area contributed by atoms with Crippen LogP contribution in [-0.4, -0.2) is 83.2 Å². The molecule has 3 heterocycles. The van der Waals surface area contributed by atoms with Crippen molar-refractivity contribution in [2.75, 3.05) is 50.2 Å². The molecule has 32 heavy (non-hydrogen) atoms. The van der Waals surface area contributed by atoms with Crippen LogP contribution in [0.3, 0.4) is 0 Å². The molecule has 0 aliphatic carbocycles. The molecule has 3 fully saturated rings. The molecular formula is C24H33ClN4O3. The summed E-state index contributed by atoms with van der Waals surface area (Å²) in [7, 11) is 0. The molecule has 0 unspecified atom stereocenters. The van der Waals surface area contributed by atoms with E-state index in [2.05, 4.69) is 4.90 Å². The van der Waals surface area contributed by atoms with Crippen molar-refractivity contribution in [3.8, 4) is 0 Å². The number of anilines is 1. The van der Waals surface area contributed by atoms with E-state index in [-0.39, 0.29) is 30.1 Å². The first kappa shape index (κ1) is 22.9. The van der Waals surface area contributed by atoms with Gasteiger partial charge in [-0.25, -0.2) is 0 Å². The Morgan fingerprint density at radius 3 is 2.22 bits per heavy atom. The summed E-state index contributed by atoms with van der Waals surface area (Å²) >= 11 is 6.02. The quantitative estimate of drug-likeness (QED) is 0.633. The van der Waals surface area contributed by atoms with Crippen LogP contribution in [0.1, 0.15) is 39.5 Å². The average Bonchev–Trinajstić information content (AvgIpc) is 3.44. The fraction of sp³-hybridized carbons (Fsp3) is 0.625. The number of carbonyl (C=O) groups excluding carboxylic acids is 3. The number of hydrogen-bond acceptors (Lipinski definition) is 4. The monoisotopic (exact) mass is 460 g/mol. The molecule has 0 bridgehead atoms. The van der Waals surface area contributed by atoms with E-state index in [4.69, 9.17) is 11.6 Å². The van der Waals surface area contributed by atoms with Gasteiger partial charge in [-0.05, 0) is 51.7 Å². The van der Waals surface area contributed by atoms with Gasteiger partial charge in [0.1, 0.15) is 12.1 Å². The Morgan fingerprint density at radius 1 is 1.00 bits per heavy atom. The predicted octanol–water partition coefficient (Wildman–Crippen LogP) is 2.54. The minimum atomic E-state index is -0.728. The molecule has 0 radical (unpaired) electrons. The van der Waals surface area contributed by atoms with Crippen LogP contribution in [0.25, 0.3) is 0 Å². The van der Waals surface area contributed by atoms with E-state index in [0.29, 0.717) is 32.6 Å². The van der Waals surface area contributed by atoms with E-state index in [1.165, 1.54) is 0 Å². The van der Waals surface area contributed by atoms with E-state index in [9.17, 15) is 14.4 Å². The molecule has 3 amide bonds. The van der Waals surface area contributed by atoms with Crippen LogP contribution in [0, 0.1) is 5.41 Å². The van der Waals surface area contributed by atoms with Crippen molar-refractivity contribution in [2.24, 2.45) is 5.41 Å². The van der Waals surface area contributed by atoms with Crippen LogP contribution in [-0.2, 0) is 14.4 Å². The third-order valence-electron chi connectivity index (χ3n) is 7.16. The molecule has 1 aromatic carbocycles. The maximum Gasteiger partial charge on any atom is 0.250 e. The topological polar surface area (TPSA) is 64.2 Å². The second-order valence-electron chi connectivity index (χ2n) is 9.84. The molecule has 1 aromatic rings. The Balaban J connectivity index is 1.55. The first-order valence-electron chi connectivity index (χ1n) is 11.5. The maximum absolute atomic E-state index is 13.7. The van der Waals surface area contributed by atoms with Crippen molar-refractivity contribution in [3.05, 3.63) is 30.3 Å². The highest BCUT2D eigenvalue weighted by Gasteiger charge is 2.55. The van der Waals surface area contributed by atoms with Gasteiger partial charge >= 0.3 is 0 Å². The van der Waals surface area contributed by atoms with Gasteiger partial charge in [0, 0.05) is 37.7 Å².